The molecule has 4 aromatic rings. The third-order valence-electron chi connectivity index (χ3n) is 4.60. The quantitative estimate of drug-likeness (QED) is 0.423. The van der Waals surface area contributed by atoms with Crippen molar-refractivity contribution in [2.24, 2.45) is 0 Å². The van der Waals surface area contributed by atoms with E-state index in [1.165, 1.54) is 12.1 Å². The largest absolute Gasteiger partial charge is 0.491 e. The molecule has 0 aliphatic heterocycles. The molecule has 0 spiro atoms. The monoisotopic (exact) mass is 426 g/mol. The number of hydrogen-bond acceptors (Lipinski definition) is 5. The lowest BCUT2D eigenvalue weighted by Gasteiger charge is -2.14. The number of ether oxygens (including phenoxy) is 1. The first-order chi connectivity index (χ1) is 14.6. The van der Waals surface area contributed by atoms with Gasteiger partial charge in [0.15, 0.2) is 5.76 Å². The molecule has 154 valence electrons. The molecular weight excluding hydrogens is 407 g/mol. The molecular formula is C23H20ClFN2O3. The zero-order valence-corrected chi connectivity index (χ0v) is 16.8. The van der Waals surface area contributed by atoms with Crippen LogP contribution in [0.25, 0.3) is 22.2 Å². The van der Waals surface area contributed by atoms with Crippen molar-refractivity contribution in [2.45, 2.75) is 12.6 Å². The first-order valence-corrected chi connectivity index (χ1v) is 9.88. The Labute approximate surface area is 178 Å². The molecule has 1 heterocycles. The van der Waals surface area contributed by atoms with Gasteiger partial charge in [-0.05, 0) is 42.0 Å². The van der Waals surface area contributed by atoms with Crippen LogP contribution in [0.2, 0.25) is 5.02 Å². The minimum atomic E-state index is -0.671. The zero-order chi connectivity index (χ0) is 20.9. The van der Waals surface area contributed by atoms with Crippen LogP contribution in [0, 0.1) is 5.82 Å². The molecule has 7 heteroatoms. The molecule has 0 aliphatic carbocycles. The highest BCUT2D eigenvalue weighted by molar-refractivity contribution is 6.30. The summed E-state index contributed by atoms with van der Waals surface area (Å²) in [6, 6.07) is 19.2. The van der Waals surface area contributed by atoms with Crippen LogP contribution in [0.15, 0.2) is 71.3 Å². The van der Waals surface area contributed by atoms with Gasteiger partial charge in [-0.2, -0.15) is 0 Å². The topological polar surface area (TPSA) is 67.5 Å². The number of halogens is 2. The second kappa shape index (κ2) is 9.26. The summed E-state index contributed by atoms with van der Waals surface area (Å²) in [5.74, 6) is 0.773. The molecule has 1 atom stereocenters. The van der Waals surface area contributed by atoms with Crippen molar-refractivity contribution in [3.63, 3.8) is 0 Å². The predicted molar refractivity (Wildman–Crippen MR) is 114 cm³/mol. The van der Waals surface area contributed by atoms with Gasteiger partial charge in [-0.3, -0.25) is 0 Å². The van der Waals surface area contributed by atoms with Crippen LogP contribution >= 0.6 is 11.6 Å². The fourth-order valence-corrected chi connectivity index (χ4v) is 3.21. The summed E-state index contributed by atoms with van der Waals surface area (Å²) in [7, 11) is 0. The number of hydrogen-bond donors (Lipinski definition) is 2. The lowest BCUT2D eigenvalue weighted by atomic mass is 10.1. The maximum atomic E-state index is 13.4. The summed E-state index contributed by atoms with van der Waals surface area (Å²) in [5, 5.41) is 18.7. The van der Waals surface area contributed by atoms with E-state index in [4.69, 9.17) is 20.9 Å². The van der Waals surface area contributed by atoms with Crippen molar-refractivity contribution in [3.8, 4) is 17.1 Å². The molecule has 2 N–H and O–H groups in total. The van der Waals surface area contributed by atoms with E-state index >= 15 is 0 Å². The van der Waals surface area contributed by atoms with Crippen molar-refractivity contribution in [1.82, 2.24) is 10.5 Å². The van der Waals surface area contributed by atoms with Gasteiger partial charge in [0, 0.05) is 35.1 Å². The van der Waals surface area contributed by atoms with Crippen LogP contribution in [0.4, 0.5) is 4.39 Å². The smallest absolute Gasteiger partial charge is 0.174 e. The number of nitrogens with one attached hydrogen (secondary N) is 1. The minimum Gasteiger partial charge on any atom is -0.491 e. The van der Waals surface area contributed by atoms with E-state index in [2.05, 4.69) is 10.5 Å². The normalized spacial score (nSPS) is 12.2. The van der Waals surface area contributed by atoms with Crippen molar-refractivity contribution in [1.29, 1.82) is 0 Å². The van der Waals surface area contributed by atoms with Crippen LogP contribution in [0.1, 0.15) is 5.56 Å². The van der Waals surface area contributed by atoms with Crippen LogP contribution in [-0.4, -0.2) is 29.5 Å². The van der Waals surface area contributed by atoms with Gasteiger partial charge in [0.1, 0.15) is 29.8 Å². The summed E-state index contributed by atoms with van der Waals surface area (Å²) >= 11 is 5.87. The highest BCUT2D eigenvalue weighted by Crippen LogP contribution is 2.31. The van der Waals surface area contributed by atoms with E-state index in [0.29, 0.717) is 35.1 Å². The number of aliphatic hydroxyl groups excluding tert-OH is 1. The van der Waals surface area contributed by atoms with Crippen molar-refractivity contribution >= 4 is 22.5 Å². The Morgan fingerprint density at radius 3 is 2.77 bits per heavy atom. The highest BCUT2D eigenvalue weighted by atomic mass is 35.5. The van der Waals surface area contributed by atoms with Crippen LogP contribution in [0.5, 0.6) is 5.75 Å². The van der Waals surface area contributed by atoms with E-state index in [0.717, 1.165) is 16.5 Å². The molecule has 0 aliphatic rings. The molecule has 4 rings (SSSR count). The molecule has 5 nitrogen and oxygen atoms in total. The van der Waals surface area contributed by atoms with Crippen molar-refractivity contribution < 1.29 is 18.8 Å². The van der Waals surface area contributed by atoms with Gasteiger partial charge in [0.25, 0.3) is 0 Å². The SMILES string of the molecule is OC(CNCc1ccc(Cl)cc1)COc1cccc(-c2onc3cc(F)ccc23)c1. The molecule has 0 saturated heterocycles. The first-order valence-electron chi connectivity index (χ1n) is 9.50. The Bertz CT molecular complexity index is 1130. The van der Waals surface area contributed by atoms with Gasteiger partial charge < -0.3 is 19.7 Å². The summed E-state index contributed by atoms with van der Waals surface area (Å²) < 4.78 is 24.5. The molecule has 0 saturated carbocycles. The van der Waals surface area contributed by atoms with Gasteiger partial charge in [0.05, 0.1) is 0 Å². The van der Waals surface area contributed by atoms with E-state index < -0.39 is 6.10 Å². The van der Waals surface area contributed by atoms with Gasteiger partial charge >= 0.3 is 0 Å². The maximum Gasteiger partial charge on any atom is 0.174 e. The minimum absolute atomic E-state index is 0.138. The van der Waals surface area contributed by atoms with Crippen molar-refractivity contribution in [2.75, 3.05) is 13.2 Å². The Morgan fingerprint density at radius 2 is 1.93 bits per heavy atom. The van der Waals surface area contributed by atoms with Crippen molar-refractivity contribution in [3.05, 3.63) is 83.1 Å². The van der Waals surface area contributed by atoms with Crippen LogP contribution < -0.4 is 10.1 Å². The van der Waals surface area contributed by atoms with Crippen LogP contribution in [-0.2, 0) is 6.54 Å². The number of fused-ring (bicyclic) bond motifs is 1. The highest BCUT2D eigenvalue weighted by Gasteiger charge is 2.13. The predicted octanol–water partition coefficient (Wildman–Crippen LogP) is 4.82. The third kappa shape index (κ3) is 4.97. The second-order valence-corrected chi connectivity index (χ2v) is 7.36. The molecule has 0 radical (unpaired) electrons. The van der Waals surface area contributed by atoms with Gasteiger partial charge in [-0.15, -0.1) is 0 Å². The number of nitrogens with zero attached hydrogens (tertiary/aromatic N) is 1. The van der Waals surface area contributed by atoms with E-state index in [9.17, 15) is 9.50 Å². The molecule has 0 bridgehead atoms. The Hall–Kier alpha value is -2.93. The fourth-order valence-electron chi connectivity index (χ4n) is 3.09. The Kier molecular flexibility index (Phi) is 6.28. The molecule has 30 heavy (non-hydrogen) atoms. The number of rotatable bonds is 8. The van der Waals surface area contributed by atoms with Gasteiger partial charge in [0.2, 0.25) is 0 Å². The summed E-state index contributed by atoms with van der Waals surface area (Å²) in [4.78, 5) is 0. The summed E-state index contributed by atoms with van der Waals surface area (Å²) in [6.07, 6.45) is -0.671. The van der Waals surface area contributed by atoms with Gasteiger partial charge in [-0.25, -0.2) is 4.39 Å². The first kappa shape index (κ1) is 20.3. The fraction of sp³-hybridized carbons (Fsp3) is 0.174. The van der Waals surface area contributed by atoms with Crippen LogP contribution in [0.3, 0.4) is 0 Å². The average molecular weight is 427 g/mol. The zero-order valence-electron chi connectivity index (χ0n) is 16.0. The maximum absolute atomic E-state index is 13.4. The standard InChI is InChI=1S/C23H20ClFN2O3/c24-17-6-4-15(5-7-17)12-26-13-19(28)14-29-20-3-1-2-16(10-20)23-21-9-8-18(25)11-22(21)27-30-23/h1-11,19,26,28H,12-14H2. The molecule has 0 amide bonds. The number of benzene rings is 3. The number of aliphatic hydroxyl groups is 1. The molecule has 1 unspecified atom stereocenters. The molecule has 3 aromatic carbocycles. The molecule has 0 fully saturated rings. The Balaban J connectivity index is 1.33. The number of aromatic nitrogens is 1. The lowest BCUT2D eigenvalue weighted by molar-refractivity contribution is 0.106. The van der Waals surface area contributed by atoms with E-state index in [1.54, 1.807) is 18.2 Å². The second-order valence-electron chi connectivity index (χ2n) is 6.92. The lowest BCUT2D eigenvalue weighted by Crippen LogP contribution is -2.31. The summed E-state index contributed by atoms with van der Waals surface area (Å²) in [5.41, 5.74) is 2.30. The van der Waals surface area contributed by atoms with Gasteiger partial charge in [-0.1, -0.05) is 41.0 Å². The van der Waals surface area contributed by atoms with E-state index in [-0.39, 0.29) is 12.4 Å². The average Bonchev–Trinajstić information content (AvgIpc) is 3.17. The summed E-state index contributed by atoms with van der Waals surface area (Å²) in [6.45, 7) is 1.16. The Morgan fingerprint density at radius 1 is 1.10 bits per heavy atom. The molecule has 1 aromatic heterocycles. The van der Waals surface area contributed by atoms with E-state index in [1.807, 2.05) is 36.4 Å². The third-order valence-corrected chi connectivity index (χ3v) is 4.85.